The van der Waals surface area contributed by atoms with Gasteiger partial charge in [-0.1, -0.05) is 12.1 Å². The summed E-state index contributed by atoms with van der Waals surface area (Å²) in [6, 6.07) is 9.63. The minimum absolute atomic E-state index is 0.378. The molecular formula is C13H21N3. The van der Waals surface area contributed by atoms with E-state index in [9.17, 15) is 0 Å². The number of likely N-dealkylation sites (tertiary alicyclic amines) is 1. The summed E-state index contributed by atoms with van der Waals surface area (Å²) in [7, 11) is 4.12. The lowest BCUT2D eigenvalue weighted by molar-refractivity contribution is 0.103. The lowest BCUT2D eigenvalue weighted by Crippen LogP contribution is -2.56. The second-order valence-corrected chi connectivity index (χ2v) is 4.88. The molecule has 3 nitrogen and oxygen atoms in total. The van der Waals surface area contributed by atoms with Crippen molar-refractivity contribution in [3.05, 3.63) is 29.8 Å². The van der Waals surface area contributed by atoms with Crippen molar-refractivity contribution in [3.63, 3.8) is 0 Å². The van der Waals surface area contributed by atoms with Crippen molar-refractivity contribution >= 4 is 5.69 Å². The zero-order valence-electron chi connectivity index (χ0n) is 10.4. The molecule has 1 aliphatic heterocycles. The van der Waals surface area contributed by atoms with Crippen LogP contribution in [-0.4, -0.2) is 38.1 Å². The Morgan fingerprint density at radius 2 is 1.81 bits per heavy atom. The van der Waals surface area contributed by atoms with E-state index >= 15 is 0 Å². The molecule has 0 saturated carbocycles. The van der Waals surface area contributed by atoms with Crippen LogP contribution in [0.15, 0.2) is 24.3 Å². The van der Waals surface area contributed by atoms with Crippen LogP contribution < -0.4 is 10.6 Å². The molecule has 0 bridgehead atoms. The van der Waals surface area contributed by atoms with E-state index in [0.717, 1.165) is 13.1 Å². The van der Waals surface area contributed by atoms with Crippen molar-refractivity contribution in [3.8, 4) is 0 Å². The molecule has 88 valence electrons. The zero-order valence-corrected chi connectivity index (χ0v) is 10.4. The Labute approximate surface area is 97.8 Å². The monoisotopic (exact) mass is 219 g/mol. The molecule has 1 heterocycles. The van der Waals surface area contributed by atoms with E-state index in [1.165, 1.54) is 11.3 Å². The highest BCUT2D eigenvalue weighted by Gasteiger charge is 2.27. The normalized spacial score (nSPS) is 19.2. The van der Waals surface area contributed by atoms with E-state index in [2.05, 4.69) is 55.1 Å². The molecule has 1 atom stereocenters. The van der Waals surface area contributed by atoms with Gasteiger partial charge >= 0.3 is 0 Å². The Morgan fingerprint density at radius 1 is 1.25 bits per heavy atom. The molecule has 0 amide bonds. The first kappa shape index (κ1) is 11.4. The molecule has 0 aromatic heterocycles. The van der Waals surface area contributed by atoms with E-state index < -0.39 is 0 Å². The predicted molar refractivity (Wildman–Crippen MR) is 68.7 cm³/mol. The first-order valence-corrected chi connectivity index (χ1v) is 5.85. The summed E-state index contributed by atoms with van der Waals surface area (Å²) in [6.07, 6.45) is 0. The van der Waals surface area contributed by atoms with Crippen LogP contribution in [0.1, 0.15) is 18.5 Å². The van der Waals surface area contributed by atoms with Gasteiger partial charge in [-0.25, -0.2) is 0 Å². The molecule has 2 rings (SSSR count). The predicted octanol–water partition coefficient (Wildman–Crippen LogP) is 1.46. The smallest absolute Gasteiger partial charge is 0.0361 e. The number of hydrogen-bond acceptors (Lipinski definition) is 3. The van der Waals surface area contributed by atoms with Gasteiger partial charge in [0.05, 0.1) is 0 Å². The van der Waals surface area contributed by atoms with Gasteiger partial charge in [0.2, 0.25) is 0 Å². The number of rotatable bonds is 3. The van der Waals surface area contributed by atoms with Crippen LogP contribution >= 0.6 is 0 Å². The maximum atomic E-state index is 5.80. The molecule has 1 saturated heterocycles. The van der Waals surface area contributed by atoms with Crippen molar-refractivity contribution in [2.75, 3.05) is 32.1 Å². The lowest BCUT2D eigenvalue weighted by atomic mass is 10.0. The number of benzene rings is 1. The van der Waals surface area contributed by atoms with Gasteiger partial charge < -0.3 is 10.6 Å². The second kappa shape index (κ2) is 4.44. The van der Waals surface area contributed by atoms with Crippen LogP contribution in [0.25, 0.3) is 0 Å². The van der Waals surface area contributed by atoms with Gasteiger partial charge in [-0.2, -0.15) is 0 Å². The van der Waals surface area contributed by atoms with E-state index in [-0.39, 0.29) is 0 Å². The van der Waals surface area contributed by atoms with Gasteiger partial charge in [-0.05, 0) is 24.6 Å². The van der Waals surface area contributed by atoms with Gasteiger partial charge in [0.25, 0.3) is 0 Å². The Bertz CT molecular complexity index is 339. The maximum absolute atomic E-state index is 5.80. The minimum Gasteiger partial charge on any atom is -0.378 e. The average Bonchev–Trinajstić information content (AvgIpc) is 2.24. The molecule has 0 spiro atoms. The summed E-state index contributed by atoms with van der Waals surface area (Å²) in [5.74, 6) is 0. The SMILES string of the molecule is CC(c1ccc(N(C)C)cc1)N1CC(N)C1. The molecule has 1 aromatic carbocycles. The first-order valence-electron chi connectivity index (χ1n) is 5.85. The summed E-state index contributed by atoms with van der Waals surface area (Å²) in [6.45, 7) is 4.30. The number of anilines is 1. The van der Waals surface area contributed by atoms with Crippen molar-refractivity contribution in [1.82, 2.24) is 4.90 Å². The summed E-state index contributed by atoms with van der Waals surface area (Å²) in [4.78, 5) is 4.53. The number of nitrogens with two attached hydrogens (primary N) is 1. The highest BCUT2D eigenvalue weighted by atomic mass is 15.2. The lowest BCUT2D eigenvalue weighted by Gasteiger charge is -2.41. The Morgan fingerprint density at radius 3 is 2.25 bits per heavy atom. The fourth-order valence-electron chi connectivity index (χ4n) is 2.13. The molecule has 1 aliphatic rings. The fraction of sp³-hybridized carbons (Fsp3) is 0.538. The largest absolute Gasteiger partial charge is 0.378 e. The molecule has 1 unspecified atom stereocenters. The van der Waals surface area contributed by atoms with E-state index in [1.807, 2.05) is 0 Å². The van der Waals surface area contributed by atoms with E-state index in [0.29, 0.717) is 12.1 Å². The third-order valence-electron chi connectivity index (χ3n) is 3.38. The summed E-state index contributed by atoms with van der Waals surface area (Å²) < 4.78 is 0. The third-order valence-corrected chi connectivity index (χ3v) is 3.38. The summed E-state index contributed by atoms with van der Waals surface area (Å²) in [5, 5.41) is 0. The van der Waals surface area contributed by atoms with Crippen LogP contribution in [0.4, 0.5) is 5.69 Å². The number of nitrogens with zero attached hydrogens (tertiary/aromatic N) is 2. The summed E-state index contributed by atoms with van der Waals surface area (Å²) in [5.41, 5.74) is 8.42. The van der Waals surface area contributed by atoms with Crippen LogP contribution in [-0.2, 0) is 0 Å². The average molecular weight is 219 g/mol. The zero-order chi connectivity index (χ0) is 11.7. The molecular weight excluding hydrogens is 198 g/mol. The summed E-state index contributed by atoms with van der Waals surface area (Å²) >= 11 is 0. The third kappa shape index (κ3) is 2.20. The fourth-order valence-corrected chi connectivity index (χ4v) is 2.13. The van der Waals surface area contributed by atoms with E-state index in [1.54, 1.807) is 0 Å². The topological polar surface area (TPSA) is 32.5 Å². The Kier molecular flexibility index (Phi) is 3.17. The highest BCUT2D eigenvalue weighted by Crippen LogP contribution is 2.25. The quantitative estimate of drug-likeness (QED) is 0.835. The Balaban J connectivity index is 2.04. The molecule has 3 heteroatoms. The molecule has 1 fully saturated rings. The minimum atomic E-state index is 0.378. The van der Waals surface area contributed by atoms with Crippen molar-refractivity contribution < 1.29 is 0 Å². The molecule has 0 radical (unpaired) electrons. The van der Waals surface area contributed by atoms with Crippen LogP contribution in [0.2, 0.25) is 0 Å². The van der Waals surface area contributed by atoms with Crippen molar-refractivity contribution in [2.45, 2.75) is 19.0 Å². The first-order chi connectivity index (χ1) is 7.58. The molecule has 2 N–H and O–H groups in total. The van der Waals surface area contributed by atoms with Crippen molar-refractivity contribution in [1.29, 1.82) is 0 Å². The number of hydrogen-bond donors (Lipinski definition) is 1. The second-order valence-electron chi connectivity index (χ2n) is 4.88. The van der Waals surface area contributed by atoms with Crippen LogP contribution in [0, 0.1) is 0 Å². The molecule has 1 aromatic rings. The van der Waals surface area contributed by atoms with Crippen LogP contribution in [0.3, 0.4) is 0 Å². The molecule has 0 aliphatic carbocycles. The Hall–Kier alpha value is -1.06. The van der Waals surface area contributed by atoms with E-state index in [4.69, 9.17) is 5.73 Å². The van der Waals surface area contributed by atoms with Crippen LogP contribution in [0.5, 0.6) is 0 Å². The highest BCUT2D eigenvalue weighted by molar-refractivity contribution is 5.46. The van der Waals surface area contributed by atoms with Gasteiger partial charge in [0.15, 0.2) is 0 Å². The maximum Gasteiger partial charge on any atom is 0.0361 e. The van der Waals surface area contributed by atoms with Gasteiger partial charge in [-0.3, -0.25) is 4.90 Å². The standard InChI is InChI=1S/C13H21N3/c1-10(16-8-12(14)9-16)11-4-6-13(7-5-11)15(2)3/h4-7,10,12H,8-9,14H2,1-3H3. The van der Waals surface area contributed by atoms with Gasteiger partial charge in [0, 0.05) is 45.0 Å². The molecule has 16 heavy (non-hydrogen) atoms. The van der Waals surface area contributed by atoms with Gasteiger partial charge in [0.1, 0.15) is 0 Å². The van der Waals surface area contributed by atoms with Crippen molar-refractivity contribution in [2.24, 2.45) is 5.73 Å². The van der Waals surface area contributed by atoms with Gasteiger partial charge in [-0.15, -0.1) is 0 Å².